The standard InChI is InChI=1S/C13H6F5N3O4/c14-6-1-2-10(9(15)3-6)19-12-8(13(16,17)18)4-7(20(22)23)5-11(12)21(24)25/h1-5,19H. The highest BCUT2D eigenvalue weighted by Crippen LogP contribution is 2.43. The van der Waals surface area contributed by atoms with Crippen molar-refractivity contribution in [1.82, 2.24) is 0 Å². The van der Waals surface area contributed by atoms with Gasteiger partial charge in [-0.05, 0) is 12.1 Å². The molecule has 0 saturated carbocycles. The van der Waals surface area contributed by atoms with Crippen molar-refractivity contribution in [3.8, 4) is 0 Å². The van der Waals surface area contributed by atoms with Crippen LogP contribution >= 0.6 is 0 Å². The summed E-state index contributed by atoms with van der Waals surface area (Å²) in [5.41, 5.74) is -6.07. The van der Waals surface area contributed by atoms with Gasteiger partial charge in [0.15, 0.2) is 0 Å². The Hall–Kier alpha value is -3.31. The molecule has 0 aliphatic rings. The zero-order valence-electron chi connectivity index (χ0n) is 11.8. The Kier molecular flexibility index (Phi) is 4.54. The predicted molar refractivity (Wildman–Crippen MR) is 74.4 cm³/mol. The molecule has 7 nitrogen and oxygen atoms in total. The smallest absolute Gasteiger partial charge is 0.347 e. The Morgan fingerprint density at radius 1 is 0.960 bits per heavy atom. The van der Waals surface area contributed by atoms with Crippen LogP contribution in [0.5, 0.6) is 0 Å². The molecule has 0 atom stereocenters. The molecule has 0 spiro atoms. The highest BCUT2D eigenvalue weighted by molar-refractivity contribution is 5.76. The number of alkyl halides is 3. The normalized spacial score (nSPS) is 11.2. The van der Waals surface area contributed by atoms with Gasteiger partial charge in [-0.3, -0.25) is 20.2 Å². The minimum Gasteiger partial charge on any atom is -0.347 e. The second-order valence-corrected chi connectivity index (χ2v) is 4.65. The molecule has 0 bridgehead atoms. The zero-order valence-corrected chi connectivity index (χ0v) is 11.8. The lowest BCUT2D eigenvalue weighted by atomic mass is 10.1. The first-order valence-corrected chi connectivity index (χ1v) is 6.27. The van der Waals surface area contributed by atoms with Crippen molar-refractivity contribution in [1.29, 1.82) is 0 Å². The molecular formula is C13H6F5N3O4. The topological polar surface area (TPSA) is 98.3 Å². The molecule has 25 heavy (non-hydrogen) atoms. The van der Waals surface area contributed by atoms with Gasteiger partial charge >= 0.3 is 6.18 Å². The van der Waals surface area contributed by atoms with Crippen molar-refractivity contribution in [2.24, 2.45) is 0 Å². The SMILES string of the molecule is O=[N+]([O-])c1cc([N+](=O)[O-])c(Nc2ccc(F)cc2F)c(C(F)(F)F)c1. The fraction of sp³-hybridized carbons (Fsp3) is 0.0769. The van der Waals surface area contributed by atoms with E-state index < -0.39 is 56.0 Å². The van der Waals surface area contributed by atoms with Crippen LogP contribution in [-0.4, -0.2) is 9.85 Å². The molecule has 0 amide bonds. The lowest BCUT2D eigenvalue weighted by Crippen LogP contribution is -2.12. The maximum Gasteiger partial charge on any atom is 0.418 e. The molecule has 0 aromatic heterocycles. The largest absolute Gasteiger partial charge is 0.418 e. The van der Waals surface area contributed by atoms with E-state index in [4.69, 9.17) is 0 Å². The summed E-state index contributed by atoms with van der Waals surface area (Å²) in [5, 5.41) is 23.6. The van der Waals surface area contributed by atoms with Gasteiger partial charge < -0.3 is 5.32 Å². The molecule has 0 saturated heterocycles. The van der Waals surface area contributed by atoms with E-state index in [1.54, 1.807) is 0 Å². The predicted octanol–water partition coefficient (Wildman–Crippen LogP) is 4.54. The minimum atomic E-state index is -5.21. The van der Waals surface area contributed by atoms with Crippen molar-refractivity contribution in [3.05, 3.63) is 67.8 Å². The molecule has 132 valence electrons. The van der Waals surface area contributed by atoms with Gasteiger partial charge in [0.2, 0.25) is 0 Å². The first kappa shape index (κ1) is 18.0. The van der Waals surface area contributed by atoms with E-state index >= 15 is 0 Å². The van der Waals surface area contributed by atoms with E-state index in [-0.39, 0.29) is 6.07 Å². The van der Waals surface area contributed by atoms with Gasteiger partial charge in [-0.25, -0.2) is 8.78 Å². The quantitative estimate of drug-likeness (QED) is 0.488. The first-order chi connectivity index (χ1) is 11.5. The molecule has 0 fully saturated rings. The number of benzene rings is 2. The number of rotatable bonds is 4. The maximum atomic E-state index is 13.6. The van der Waals surface area contributed by atoms with Crippen LogP contribution in [0.15, 0.2) is 30.3 Å². The van der Waals surface area contributed by atoms with E-state index in [1.807, 2.05) is 5.32 Å². The molecule has 12 heteroatoms. The summed E-state index contributed by atoms with van der Waals surface area (Å²) < 4.78 is 66.0. The average molecular weight is 363 g/mol. The number of nitrogens with zero attached hydrogens (tertiary/aromatic N) is 2. The van der Waals surface area contributed by atoms with Crippen LogP contribution in [0.1, 0.15) is 5.56 Å². The Balaban J connectivity index is 2.73. The van der Waals surface area contributed by atoms with Crippen molar-refractivity contribution in [3.63, 3.8) is 0 Å². The number of nitrogens with one attached hydrogen (secondary N) is 1. The number of halogens is 5. The number of hydrogen-bond donors (Lipinski definition) is 1. The number of nitro groups is 2. The summed E-state index contributed by atoms with van der Waals surface area (Å²) in [6, 6.07) is 2.19. The average Bonchev–Trinajstić information content (AvgIpc) is 2.48. The highest BCUT2D eigenvalue weighted by atomic mass is 19.4. The van der Waals surface area contributed by atoms with Crippen LogP contribution < -0.4 is 5.32 Å². The number of hydrogen-bond acceptors (Lipinski definition) is 5. The molecule has 0 aliphatic heterocycles. The van der Waals surface area contributed by atoms with Gasteiger partial charge in [0.05, 0.1) is 27.2 Å². The van der Waals surface area contributed by atoms with Crippen LogP contribution in [0.3, 0.4) is 0 Å². The highest BCUT2D eigenvalue weighted by Gasteiger charge is 2.39. The van der Waals surface area contributed by atoms with Crippen LogP contribution in [-0.2, 0) is 6.18 Å². The van der Waals surface area contributed by atoms with Crippen LogP contribution in [0.2, 0.25) is 0 Å². The van der Waals surface area contributed by atoms with Crippen LogP contribution in [0.25, 0.3) is 0 Å². The Morgan fingerprint density at radius 3 is 2.08 bits per heavy atom. The molecule has 0 aliphatic carbocycles. The van der Waals surface area contributed by atoms with Gasteiger partial charge in [0.1, 0.15) is 17.3 Å². The van der Waals surface area contributed by atoms with Crippen LogP contribution in [0, 0.1) is 31.9 Å². The summed E-state index contributed by atoms with van der Waals surface area (Å²) in [4.78, 5) is 19.2. The molecule has 1 N–H and O–H groups in total. The first-order valence-electron chi connectivity index (χ1n) is 6.27. The van der Waals surface area contributed by atoms with Crippen molar-refractivity contribution < 1.29 is 31.8 Å². The fourth-order valence-corrected chi connectivity index (χ4v) is 1.94. The Labute approximate surface area is 135 Å². The van der Waals surface area contributed by atoms with Gasteiger partial charge in [-0.15, -0.1) is 0 Å². The molecule has 0 radical (unpaired) electrons. The fourth-order valence-electron chi connectivity index (χ4n) is 1.94. The van der Waals surface area contributed by atoms with Crippen LogP contribution in [0.4, 0.5) is 44.7 Å². The van der Waals surface area contributed by atoms with E-state index in [0.29, 0.717) is 12.1 Å². The molecular weight excluding hydrogens is 357 g/mol. The van der Waals surface area contributed by atoms with Crippen molar-refractivity contribution >= 4 is 22.7 Å². The third kappa shape index (κ3) is 3.79. The zero-order chi connectivity index (χ0) is 18.9. The summed E-state index contributed by atoms with van der Waals surface area (Å²) in [5.74, 6) is -2.32. The van der Waals surface area contributed by atoms with Crippen molar-refractivity contribution in [2.45, 2.75) is 6.18 Å². The molecule has 0 heterocycles. The Bertz CT molecular complexity index is 869. The lowest BCUT2D eigenvalue weighted by Gasteiger charge is -2.15. The monoisotopic (exact) mass is 363 g/mol. The third-order valence-electron chi connectivity index (χ3n) is 3.01. The van der Waals surface area contributed by atoms with E-state index in [2.05, 4.69) is 0 Å². The number of anilines is 2. The Morgan fingerprint density at radius 2 is 1.60 bits per heavy atom. The molecule has 2 aromatic rings. The minimum absolute atomic E-state index is 0.0801. The molecule has 0 unspecified atom stereocenters. The van der Waals surface area contributed by atoms with E-state index in [9.17, 15) is 42.2 Å². The second kappa shape index (κ2) is 6.30. The van der Waals surface area contributed by atoms with Gasteiger partial charge in [-0.2, -0.15) is 13.2 Å². The number of nitro benzene ring substituents is 2. The summed E-state index contributed by atoms with van der Waals surface area (Å²) in [6.45, 7) is 0. The van der Waals surface area contributed by atoms with E-state index in [0.717, 1.165) is 12.1 Å². The van der Waals surface area contributed by atoms with Crippen molar-refractivity contribution in [2.75, 3.05) is 5.32 Å². The third-order valence-corrected chi connectivity index (χ3v) is 3.01. The summed E-state index contributed by atoms with van der Waals surface area (Å²) >= 11 is 0. The molecule has 2 aromatic carbocycles. The van der Waals surface area contributed by atoms with E-state index in [1.165, 1.54) is 0 Å². The molecule has 2 rings (SSSR count). The maximum absolute atomic E-state index is 13.6. The van der Waals surface area contributed by atoms with Gasteiger partial charge in [0.25, 0.3) is 11.4 Å². The number of non-ortho nitro benzene ring substituents is 1. The summed E-state index contributed by atoms with van der Waals surface area (Å²) in [7, 11) is 0. The second-order valence-electron chi connectivity index (χ2n) is 4.65. The summed E-state index contributed by atoms with van der Waals surface area (Å²) in [6.07, 6.45) is -5.21. The lowest BCUT2D eigenvalue weighted by molar-refractivity contribution is -0.394. The van der Waals surface area contributed by atoms with Gasteiger partial charge in [-0.1, -0.05) is 0 Å². The van der Waals surface area contributed by atoms with Gasteiger partial charge in [0, 0.05) is 12.1 Å².